The van der Waals surface area contributed by atoms with Crippen LogP contribution in [0.4, 0.5) is 14.5 Å². The third-order valence-electron chi connectivity index (χ3n) is 3.26. The zero-order chi connectivity index (χ0) is 15.7. The van der Waals surface area contributed by atoms with Crippen LogP contribution < -0.4 is 5.32 Å². The van der Waals surface area contributed by atoms with Crippen LogP contribution in [-0.2, 0) is 6.54 Å². The van der Waals surface area contributed by atoms with Crippen molar-refractivity contribution in [2.75, 3.05) is 5.32 Å². The number of hydrogen-bond acceptors (Lipinski definition) is 2. The Labute approximate surface area is 139 Å². The second-order valence-electron chi connectivity index (χ2n) is 4.71. The van der Waals surface area contributed by atoms with Gasteiger partial charge in [0.1, 0.15) is 11.3 Å². The fraction of sp³-hybridized carbons (Fsp3) is 0.0625. The third-order valence-corrected chi connectivity index (χ3v) is 4.00. The van der Waals surface area contributed by atoms with Crippen LogP contribution in [-0.4, -0.2) is 4.98 Å². The smallest absolute Gasteiger partial charge is 0.150 e. The van der Waals surface area contributed by atoms with E-state index in [2.05, 4.69) is 26.2 Å². The van der Waals surface area contributed by atoms with Crippen molar-refractivity contribution in [1.29, 1.82) is 0 Å². The molecule has 0 aliphatic heterocycles. The topological polar surface area (TPSA) is 24.9 Å². The van der Waals surface area contributed by atoms with Crippen LogP contribution in [0.1, 0.15) is 5.56 Å². The molecular weight excluding hydrogens is 374 g/mol. The fourth-order valence-corrected chi connectivity index (χ4v) is 2.85. The molecule has 0 atom stereocenters. The summed E-state index contributed by atoms with van der Waals surface area (Å²) in [4.78, 5) is 4.01. The van der Waals surface area contributed by atoms with Crippen LogP contribution in [0.25, 0.3) is 10.9 Å². The maximum Gasteiger partial charge on any atom is 0.150 e. The monoisotopic (exact) mass is 382 g/mol. The van der Waals surface area contributed by atoms with E-state index in [0.29, 0.717) is 26.1 Å². The number of rotatable bonds is 3. The Balaban J connectivity index is 2.03. The molecule has 0 spiro atoms. The first kappa shape index (κ1) is 15.2. The highest BCUT2D eigenvalue weighted by atomic mass is 79.9. The van der Waals surface area contributed by atoms with Gasteiger partial charge in [-0.25, -0.2) is 8.78 Å². The number of aromatic nitrogens is 1. The molecule has 0 radical (unpaired) electrons. The molecule has 0 bridgehead atoms. The van der Waals surface area contributed by atoms with E-state index in [0.717, 1.165) is 0 Å². The van der Waals surface area contributed by atoms with Crippen LogP contribution in [0.2, 0.25) is 5.02 Å². The van der Waals surface area contributed by atoms with Crippen LogP contribution >= 0.6 is 27.5 Å². The highest BCUT2D eigenvalue weighted by Gasteiger charge is 2.12. The van der Waals surface area contributed by atoms with E-state index in [4.69, 9.17) is 11.6 Å². The highest BCUT2D eigenvalue weighted by molar-refractivity contribution is 9.10. The van der Waals surface area contributed by atoms with E-state index in [1.165, 1.54) is 18.3 Å². The first-order chi connectivity index (χ1) is 10.6. The zero-order valence-corrected chi connectivity index (χ0v) is 13.5. The lowest BCUT2D eigenvalue weighted by Crippen LogP contribution is -2.03. The number of pyridine rings is 1. The van der Waals surface area contributed by atoms with Gasteiger partial charge >= 0.3 is 0 Å². The van der Waals surface area contributed by atoms with E-state index in [-0.39, 0.29) is 17.9 Å². The van der Waals surface area contributed by atoms with Gasteiger partial charge in [-0.05, 0) is 18.2 Å². The molecule has 0 saturated carbocycles. The lowest BCUT2D eigenvalue weighted by atomic mass is 10.1. The van der Waals surface area contributed by atoms with Gasteiger partial charge in [0.2, 0.25) is 0 Å². The molecule has 3 aromatic rings. The summed E-state index contributed by atoms with van der Waals surface area (Å²) in [7, 11) is 0. The third kappa shape index (κ3) is 2.91. The number of halogens is 4. The Hall–Kier alpha value is -1.72. The van der Waals surface area contributed by atoms with Crippen molar-refractivity contribution < 1.29 is 8.78 Å². The Morgan fingerprint density at radius 3 is 2.68 bits per heavy atom. The summed E-state index contributed by atoms with van der Waals surface area (Å²) in [5.74, 6) is -0.758. The molecule has 2 aromatic carbocycles. The normalized spacial score (nSPS) is 10.9. The molecule has 0 fully saturated rings. The van der Waals surface area contributed by atoms with Crippen molar-refractivity contribution in [3.05, 3.63) is 69.3 Å². The van der Waals surface area contributed by atoms with Crippen molar-refractivity contribution >= 4 is 44.1 Å². The summed E-state index contributed by atoms with van der Waals surface area (Å²) >= 11 is 9.41. The largest absolute Gasteiger partial charge is 0.379 e. The zero-order valence-electron chi connectivity index (χ0n) is 11.2. The summed E-state index contributed by atoms with van der Waals surface area (Å²) in [6, 6.07) is 9.50. The molecule has 112 valence electrons. The average Bonchev–Trinajstić information content (AvgIpc) is 2.47. The van der Waals surface area contributed by atoms with E-state index < -0.39 is 5.82 Å². The van der Waals surface area contributed by atoms with E-state index >= 15 is 0 Å². The lowest BCUT2D eigenvalue weighted by molar-refractivity contribution is 0.613. The molecule has 0 aliphatic carbocycles. The number of nitrogens with zero attached hydrogens (tertiary/aromatic N) is 1. The molecule has 3 rings (SSSR count). The standard InChI is InChI=1S/C16H10BrClF2N2/c17-10-5-11-15(12(18)8-22-16(11)14(20)6-10)21-7-9-3-1-2-4-13(9)19/h1-6,8H,7H2,(H,21,22). The van der Waals surface area contributed by atoms with Crippen molar-refractivity contribution in [1.82, 2.24) is 4.98 Å². The van der Waals surface area contributed by atoms with Gasteiger partial charge in [-0.15, -0.1) is 0 Å². The number of hydrogen-bond donors (Lipinski definition) is 1. The SMILES string of the molecule is Fc1ccccc1CNc1c(Cl)cnc2c(F)cc(Br)cc12. The average molecular weight is 384 g/mol. The van der Waals surface area contributed by atoms with Crippen LogP contribution in [0.3, 0.4) is 0 Å². The van der Waals surface area contributed by atoms with E-state index in [1.807, 2.05) is 0 Å². The van der Waals surface area contributed by atoms with Gasteiger partial charge in [0.15, 0.2) is 5.82 Å². The molecule has 0 amide bonds. The Bertz CT molecular complexity index is 855. The maximum atomic E-state index is 14.0. The Morgan fingerprint density at radius 1 is 1.14 bits per heavy atom. The van der Waals surface area contributed by atoms with Gasteiger partial charge in [0.25, 0.3) is 0 Å². The summed E-state index contributed by atoms with van der Waals surface area (Å²) in [5, 5.41) is 3.95. The van der Waals surface area contributed by atoms with Crippen LogP contribution in [0, 0.1) is 11.6 Å². The maximum absolute atomic E-state index is 14.0. The minimum Gasteiger partial charge on any atom is -0.379 e. The molecule has 1 aromatic heterocycles. The fourth-order valence-electron chi connectivity index (χ4n) is 2.21. The van der Waals surface area contributed by atoms with Crippen LogP contribution in [0.15, 0.2) is 47.1 Å². The van der Waals surface area contributed by atoms with Gasteiger partial charge in [0.05, 0.1) is 10.7 Å². The lowest BCUT2D eigenvalue weighted by Gasteiger charge is -2.12. The second kappa shape index (κ2) is 6.18. The second-order valence-corrected chi connectivity index (χ2v) is 6.03. The van der Waals surface area contributed by atoms with E-state index in [1.54, 1.807) is 24.3 Å². The van der Waals surface area contributed by atoms with Gasteiger partial charge in [-0.1, -0.05) is 45.7 Å². The first-order valence-corrected chi connectivity index (χ1v) is 7.64. The molecule has 2 nitrogen and oxygen atoms in total. The molecule has 1 heterocycles. The summed E-state index contributed by atoms with van der Waals surface area (Å²) in [5.41, 5.74) is 1.23. The van der Waals surface area contributed by atoms with Gasteiger partial charge in [-0.2, -0.15) is 0 Å². The number of fused-ring (bicyclic) bond motifs is 1. The highest BCUT2D eigenvalue weighted by Crippen LogP contribution is 2.33. The number of nitrogens with one attached hydrogen (secondary N) is 1. The summed E-state index contributed by atoms with van der Waals surface area (Å²) in [6.07, 6.45) is 1.38. The summed E-state index contributed by atoms with van der Waals surface area (Å²) in [6.45, 7) is 0.236. The molecule has 0 aliphatic rings. The Kier molecular flexibility index (Phi) is 4.27. The van der Waals surface area contributed by atoms with Crippen molar-refractivity contribution in [3.8, 4) is 0 Å². The molecular formula is C16H10BrClF2N2. The quantitative estimate of drug-likeness (QED) is 0.642. The van der Waals surface area contributed by atoms with Crippen molar-refractivity contribution in [3.63, 3.8) is 0 Å². The predicted molar refractivity (Wildman–Crippen MR) is 88.1 cm³/mol. The van der Waals surface area contributed by atoms with Crippen molar-refractivity contribution in [2.24, 2.45) is 0 Å². The first-order valence-electron chi connectivity index (χ1n) is 6.47. The molecule has 1 N–H and O–H groups in total. The summed E-state index contributed by atoms with van der Waals surface area (Å²) < 4.78 is 28.2. The minimum atomic E-state index is -0.449. The molecule has 0 saturated heterocycles. The van der Waals surface area contributed by atoms with Gasteiger partial charge < -0.3 is 5.32 Å². The van der Waals surface area contributed by atoms with Crippen LogP contribution in [0.5, 0.6) is 0 Å². The molecule has 0 unspecified atom stereocenters. The van der Waals surface area contributed by atoms with Crippen molar-refractivity contribution in [2.45, 2.75) is 6.54 Å². The van der Waals surface area contributed by atoms with Gasteiger partial charge in [0, 0.05) is 28.2 Å². The van der Waals surface area contributed by atoms with E-state index in [9.17, 15) is 8.78 Å². The predicted octanol–water partition coefficient (Wildman–Crippen LogP) is 5.54. The number of anilines is 1. The molecule has 22 heavy (non-hydrogen) atoms. The number of benzene rings is 2. The minimum absolute atomic E-state index is 0.212. The van der Waals surface area contributed by atoms with Gasteiger partial charge in [-0.3, -0.25) is 4.98 Å². The Morgan fingerprint density at radius 2 is 1.91 bits per heavy atom. The molecule has 6 heteroatoms.